The fourth-order valence-electron chi connectivity index (χ4n) is 5.91. The summed E-state index contributed by atoms with van der Waals surface area (Å²) in [6, 6.07) is 0. The molecule has 1 saturated carbocycles. The van der Waals surface area contributed by atoms with E-state index >= 15 is 0 Å². The quantitative estimate of drug-likeness (QED) is 0.622. The molecule has 134 valence electrons. The maximum Gasteiger partial charge on any atom is 0.302 e. The SMILES string of the molecule is CC(=O)OC[C@]1(C)CCC[C@]2(C)[C@H]3CCC(C(C)C)=CC3=CC[C@@H]12. The van der Waals surface area contributed by atoms with Gasteiger partial charge in [0.1, 0.15) is 0 Å². The zero-order valence-corrected chi connectivity index (χ0v) is 16.2. The van der Waals surface area contributed by atoms with Crippen LogP contribution in [-0.2, 0) is 9.53 Å². The van der Waals surface area contributed by atoms with Gasteiger partial charge in [0.25, 0.3) is 0 Å². The van der Waals surface area contributed by atoms with Crippen molar-refractivity contribution in [1.82, 2.24) is 0 Å². The van der Waals surface area contributed by atoms with Crippen LogP contribution in [0.15, 0.2) is 23.3 Å². The molecular formula is C22H34O2. The Labute approximate surface area is 147 Å². The van der Waals surface area contributed by atoms with Crippen LogP contribution in [0.5, 0.6) is 0 Å². The summed E-state index contributed by atoms with van der Waals surface area (Å²) in [7, 11) is 0. The van der Waals surface area contributed by atoms with E-state index in [0.717, 1.165) is 6.42 Å². The number of esters is 1. The minimum absolute atomic E-state index is 0.128. The van der Waals surface area contributed by atoms with Crippen molar-refractivity contribution in [2.24, 2.45) is 28.6 Å². The Bertz CT molecular complexity index is 571. The molecule has 0 aromatic carbocycles. The van der Waals surface area contributed by atoms with Gasteiger partial charge in [-0.2, -0.15) is 0 Å². The molecule has 0 saturated heterocycles. The van der Waals surface area contributed by atoms with Gasteiger partial charge in [0, 0.05) is 12.3 Å². The van der Waals surface area contributed by atoms with Gasteiger partial charge in [-0.05, 0) is 60.8 Å². The third kappa shape index (κ3) is 2.97. The molecule has 24 heavy (non-hydrogen) atoms. The highest BCUT2D eigenvalue weighted by Gasteiger charge is 2.54. The number of fused-ring (bicyclic) bond motifs is 3. The lowest BCUT2D eigenvalue weighted by Gasteiger charge is -2.58. The summed E-state index contributed by atoms with van der Waals surface area (Å²) in [6.07, 6.45) is 12.5. The molecule has 0 N–H and O–H groups in total. The van der Waals surface area contributed by atoms with Crippen LogP contribution in [-0.4, -0.2) is 12.6 Å². The fourth-order valence-corrected chi connectivity index (χ4v) is 5.91. The first kappa shape index (κ1) is 17.8. The number of rotatable bonds is 3. The molecule has 0 heterocycles. The van der Waals surface area contributed by atoms with Crippen molar-refractivity contribution in [2.75, 3.05) is 6.61 Å². The minimum Gasteiger partial charge on any atom is -0.465 e. The Morgan fingerprint density at radius 3 is 2.75 bits per heavy atom. The van der Waals surface area contributed by atoms with Gasteiger partial charge in [-0.1, -0.05) is 51.8 Å². The number of hydrogen-bond donors (Lipinski definition) is 0. The third-order valence-electron chi connectivity index (χ3n) is 7.31. The zero-order valence-electron chi connectivity index (χ0n) is 16.2. The maximum atomic E-state index is 11.4. The standard InChI is InChI=1S/C22H34O2/c1-15(2)17-7-9-19-18(13-17)8-10-20-21(4,14-24-16(3)23)11-6-12-22(19,20)5/h8,13,15,19-20H,6-7,9-12,14H2,1-5H3/t19-,20-,21-,22+/m0/s1. The van der Waals surface area contributed by atoms with Gasteiger partial charge in [-0.25, -0.2) is 0 Å². The molecule has 3 aliphatic rings. The molecule has 0 unspecified atom stereocenters. The highest BCUT2D eigenvalue weighted by molar-refractivity contribution is 5.65. The van der Waals surface area contributed by atoms with E-state index in [0.29, 0.717) is 29.8 Å². The van der Waals surface area contributed by atoms with Crippen LogP contribution in [0.2, 0.25) is 0 Å². The van der Waals surface area contributed by atoms with Gasteiger partial charge in [0.05, 0.1) is 6.61 Å². The van der Waals surface area contributed by atoms with Crippen LogP contribution in [0, 0.1) is 28.6 Å². The van der Waals surface area contributed by atoms with Gasteiger partial charge in [0.15, 0.2) is 0 Å². The topological polar surface area (TPSA) is 26.3 Å². The normalized spacial score (nSPS) is 38.8. The lowest BCUT2D eigenvalue weighted by Crippen LogP contribution is -2.51. The predicted octanol–water partition coefficient (Wildman–Crippen LogP) is 5.68. The molecule has 0 spiro atoms. The molecule has 0 aliphatic heterocycles. The first-order chi connectivity index (χ1) is 11.3. The van der Waals surface area contributed by atoms with E-state index in [1.165, 1.54) is 39.0 Å². The molecular weight excluding hydrogens is 296 g/mol. The van der Waals surface area contributed by atoms with Crippen molar-refractivity contribution < 1.29 is 9.53 Å². The molecule has 0 aromatic heterocycles. The molecule has 0 bridgehead atoms. The van der Waals surface area contributed by atoms with Crippen molar-refractivity contribution >= 4 is 5.97 Å². The first-order valence-electron chi connectivity index (χ1n) is 9.80. The second-order valence-electron chi connectivity index (χ2n) is 9.25. The summed E-state index contributed by atoms with van der Waals surface area (Å²) in [5.41, 5.74) is 3.71. The van der Waals surface area contributed by atoms with E-state index in [1.54, 1.807) is 11.1 Å². The van der Waals surface area contributed by atoms with Gasteiger partial charge in [-0.3, -0.25) is 4.79 Å². The highest BCUT2D eigenvalue weighted by Crippen LogP contribution is 2.62. The molecule has 3 rings (SSSR count). The van der Waals surface area contributed by atoms with E-state index < -0.39 is 0 Å². The van der Waals surface area contributed by atoms with Crippen LogP contribution < -0.4 is 0 Å². The highest BCUT2D eigenvalue weighted by atomic mass is 16.5. The van der Waals surface area contributed by atoms with E-state index in [9.17, 15) is 4.79 Å². The summed E-state index contributed by atoms with van der Waals surface area (Å²) >= 11 is 0. The number of ether oxygens (including phenoxy) is 1. The summed E-state index contributed by atoms with van der Waals surface area (Å²) in [4.78, 5) is 11.4. The van der Waals surface area contributed by atoms with Crippen molar-refractivity contribution in [3.8, 4) is 0 Å². The summed E-state index contributed by atoms with van der Waals surface area (Å²) in [5, 5.41) is 0. The van der Waals surface area contributed by atoms with E-state index in [2.05, 4.69) is 39.8 Å². The van der Waals surface area contributed by atoms with Crippen LogP contribution in [0.25, 0.3) is 0 Å². The number of allylic oxidation sites excluding steroid dienone is 4. The molecule has 0 radical (unpaired) electrons. The molecule has 2 heteroatoms. The average molecular weight is 331 g/mol. The van der Waals surface area contributed by atoms with Crippen LogP contribution in [0.4, 0.5) is 0 Å². The van der Waals surface area contributed by atoms with Crippen LogP contribution in [0.1, 0.15) is 73.1 Å². The Balaban J connectivity index is 1.90. The maximum absolute atomic E-state index is 11.4. The van der Waals surface area contributed by atoms with E-state index in [1.807, 2.05) is 0 Å². The Hall–Kier alpha value is -1.05. The molecule has 3 aliphatic carbocycles. The van der Waals surface area contributed by atoms with Crippen molar-refractivity contribution in [2.45, 2.75) is 73.1 Å². The molecule has 4 atom stereocenters. The number of carbonyl (C=O) groups is 1. The van der Waals surface area contributed by atoms with Gasteiger partial charge >= 0.3 is 5.97 Å². The van der Waals surface area contributed by atoms with Crippen molar-refractivity contribution in [3.05, 3.63) is 23.3 Å². The van der Waals surface area contributed by atoms with Gasteiger partial charge < -0.3 is 4.74 Å². The molecule has 1 fully saturated rings. The summed E-state index contributed by atoms with van der Waals surface area (Å²) < 4.78 is 5.49. The Morgan fingerprint density at radius 2 is 2.08 bits per heavy atom. The number of carbonyl (C=O) groups excluding carboxylic acids is 1. The first-order valence-corrected chi connectivity index (χ1v) is 9.80. The smallest absolute Gasteiger partial charge is 0.302 e. The minimum atomic E-state index is -0.141. The molecule has 0 aromatic rings. The molecule has 2 nitrogen and oxygen atoms in total. The summed E-state index contributed by atoms with van der Waals surface area (Å²) in [5.74, 6) is 1.84. The lowest BCUT2D eigenvalue weighted by molar-refractivity contribution is -0.151. The largest absolute Gasteiger partial charge is 0.465 e. The fraction of sp³-hybridized carbons (Fsp3) is 0.773. The van der Waals surface area contributed by atoms with Gasteiger partial charge in [0.2, 0.25) is 0 Å². The van der Waals surface area contributed by atoms with E-state index in [4.69, 9.17) is 4.74 Å². The monoisotopic (exact) mass is 330 g/mol. The average Bonchev–Trinajstić information content (AvgIpc) is 2.52. The predicted molar refractivity (Wildman–Crippen MR) is 98.5 cm³/mol. The van der Waals surface area contributed by atoms with E-state index in [-0.39, 0.29) is 11.4 Å². The van der Waals surface area contributed by atoms with Crippen molar-refractivity contribution in [3.63, 3.8) is 0 Å². The second kappa shape index (κ2) is 6.35. The van der Waals surface area contributed by atoms with Crippen LogP contribution in [0.3, 0.4) is 0 Å². The third-order valence-corrected chi connectivity index (χ3v) is 7.31. The Morgan fingerprint density at radius 1 is 1.33 bits per heavy atom. The van der Waals surface area contributed by atoms with Gasteiger partial charge in [-0.15, -0.1) is 0 Å². The zero-order chi connectivity index (χ0) is 17.5. The van der Waals surface area contributed by atoms with Crippen LogP contribution >= 0.6 is 0 Å². The molecule has 0 amide bonds. The second-order valence-corrected chi connectivity index (χ2v) is 9.25. The van der Waals surface area contributed by atoms with Crippen molar-refractivity contribution in [1.29, 1.82) is 0 Å². The lowest BCUT2D eigenvalue weighted by atomic mass is 9.47. The Kier molecular flexibility index (Phi) is 4.70. The number of hydrogen-bond acceptors (Lipinski definition) is 2. The summed E-state index contributed by atoms with van der Waals surface area (Å²) in [6.45, 7) is 11.6.